The Kier molecular flexibility index (Phi) is 6.71. The minimum Gasteiger partial charge on any atom is -0.378 e. The predicted octanol–water partition coefficient (Wildman–Crippen LogP) is 3.64. The van der Waals surface area contributed by atoms with Crippen LogP contribution in [0, 0.1) is 6.92 Å². The lowest BCUT2D eigenvalue weighted by Crippen LogP contribution is -2.21. The van der Waals surface area contributed by atoms with E-state index in [0.29, 0.717) is 27.7 Å². The fraction of sp³-hybridized carbons (Fsp3) is 0.143. The van der Waals surface area contributed by atoms with Crippen molar-refractivity contribution >= 4 is 40.8 Å². The molecule has 12 heteroatoms. The summed E-state index contributed by atoms with van der Waals surface area (Å²) in [5.74, 6) is -0.00164. The second kappa shape index (κ2) is 9.84. The van der Waals surface area contributed by atoms with Gasteiger partial charge in [-0.2, -0.15) is 9.78 Å². The zero-order chi connectivity index (χ0) is 23.4. The van der Waals surface area contributed by atoms with E-state index in [-0.39, 0.29) is 17.3 Å². The van der Waals surface area contributed by atoms with Gasteiger partial charge in [-0.1, -0.05) is 52.7 Å². The molecule has 0 spiro atoms. The number of carbonyl (C=O) groups is 1. The number of hydrogen-bond acceptors (Lipinski definition) is 9. The van der Waals surface area contributed by atoms with Crippen molar-refractivity contribution in [3.05, 3.63) is 76.1 Å². The summed E-state index contributed by atoms with van der Waals surface area (Å²) < 4.78 is 6.02. The Hall–Kier alpha value is -3.70. The molecule has 2 aromatic heterocycles. The molecule has 33 heavy (non-hydrogen) atoms. The van der Waals surface area contributed by atoms with Gasteiger partial charge in [-0.3, -0.25) is 4.79 Å². The number of amides is 1. The molecule has 0 aliphatic rings. The first-order valence-electron chi connectivity index (χ1n) is 9.76. The third-order valence-corrected chi connectivity index (χ3v) is 6.01. The number of thioether (sulfide) groups is 1. The molecule has 0 unspecified atom stereocenters. The molecule has 0 fully saturated rings. The average molecular weight is 483 g/mol. The molecule has 1 amide bonds. The monoisotopic (exact) mass is 482 g/mol. The Balaban J connectivity index is 1.61. The molecule has 0 aliphatic carbocycles. The van der Waals surface area contributed by atoms with E-state index in [4.69, 9.17) is 17.3 Å². The maximum Gasteiger partial charge on any atom is 0.293 e. The zero-order valence-electron chi connectivity index (χ0n) is 17.7. The second-order valence-corrected chi connectivity index (χ2v) is 8.45. The minimum atomic E-state index is -0.540. The predicted molar refractivity (Wildman–Crippen MR) is 125 cm³/mol. The number of benzene rings is 2. The largest absolute Gasteiger partial charge is 0.378 e. The van der Waals surface area contributed by atoms with Crippen LogP contribution >= 0.6 is 23.4 Å². The van der Waals surface area contributed by atoms with Gasteiger partial charge in [0.25, 0.3) is 5.91 Å². The molecular formula is C21H19ClN8O2S. The molecule has 0 aliphatic heterocycles. The number of nitrogens with one attached hydrogen (secondary N) is 1. The summed E-state index contributed by atoms with van der Waals surface area (Å²) >= 11 is 7.71. The van der Waals surface area contributed by atoms with E-state index in [1.54, 1.807) is 13.0 Å². The van der Waals surface area contributed by atoms with Crippen molar-refractivity contribution in [2.75, 3.05) is 5.73 Å². The van der Waals surface area contributed by atoms with Gasteiger partial charge in [-0.15, -0.1) is 16.9 Å². The number of aryl methyl sites for hydroxylation is 1. The zero-order valence-corrected chi connectivity index (χ0v) is 19.3. The van der Waals surface area contributed by atoms with Crippen LogP contribution in [0.15, 0.2) is 63.2 Å². The second-order valence-electron chi connectivity index (χ2n) is 6.99. The van der Waals surface area contributed by atoms with Crippen LogP contribution in [-0.2, 0) is 5.75 Å². The molecule has 0 radical (unpaired) electrons. The van der Waals surface area contributed by atoms with Crippen LogP contribution in [0.25, 0.3) is 5.82 Å². The van der Waals surface area contributed by atoms with Crippen molar-refractivity contribution in [2.24, 2.45) is 5.10 Å². The molecule has 0 atom stereocenters. The molecular weight excluding hydrogens is 464 g/mol. The Labute approximate surface area is 198 Å². The number of hydrazone groups is 1. The van der Waals surface area contributed by atoms with Crippen LogP contribution in [-0.4, -0.2) is 36.9 Å². The number of carbonyl (C=O) groups excluding carboxylic acids is 1. The van der Waals surface area contributed by atoms with Crippen molar-refractivity contribution in [3.8, 4) is 5.82 Å². The molecule has 0 saturated carbocycles. The van der Waals surface area contributed by atoms with Gasteiger partial charge < -0.3 is 5.73 Å². The first-order valence-corrected chi connectivity index (χ1v) is 11.1. The van der Waals surface area contributed by atoms with Gasteiger partial charge in [-0.25, -0.2) is 10.1 Å². The Morgan fingerprint density at radius 2 is 1.97 bits per heavy atom. The van der Waals surface area contributed by atoms with Crippen molar-refractivity contribution in [2.45, 2.75) is 24.5 Å². The number of nitrogen functional groups attached to an aromatic ring is 1. The average Bonchev–Trinajstić information content (AvgIpc) is 3.42. The van der Waals surface area contributed by atoms with Gasteiger partial charge in [0, 0.05) is 21.2 Å². The highest BCUT2D eigenvalue weighted by Gasteiger charge is 2.24. The first kappa shape index (κ1) is 22.5. The highest BCUT2D eigenvalue weighted by Crippen LogP contribution is 2.26. The quantitative estimate of drug-likeness (QED) is 0.231. The smallest absolute Gasteiger partial charge is 0.293 e. The topological polar surface area (TPSA) is 137 Å². The minimum absolute atomic E-state index is 0.0287. The van der Waals surface area contributed by atoms with Crippen LogP contribution in [0.2, 0.25) is 5.02 Å². The van der Waals surface area contributed by atoms with Crippen LogP contribution in [0.4, 0.5) is 5.82 Å². The molecule has 2 heterocycles. The van der Waals surface area contributed by atoms with E-state index < -0.39 is 5.91 Å². The third-order valence-electron chi connectivity index (χ3n) is 4.66. The van der Waals surface area contributed by atoms with Crippen molar-refractivity contribution in [1.82, 2.24) is 30.7 Å². The van der Waals surface area contributed by atoms with Crippen LogP contribution in [0.3, 0.4) is 0 Å². The summed E-state index contributed by atoms with van der Waals surface area (Å²) in [6.07, 6.45) is 0. The van der Waals surface area contributed by atoms with Crippen molar-refractivity contribution in [3.63, 3.8) is 0 Å². The molecule has 4 aromatic rings. The summed E-state index contributed by atoms with van der Waals surface area (Å²) in [6, 6.07) is 15.2. The maximum atomic E-state index is 12.9. The molecule has 2 aromatic carbocycles. The first-order chi connectivity index (χ1) is 15.9. The van der Waals surface area contributed by atoms with E-state index in [0.717, 1.165) is 10.5 Å². The Morgan fingerprint density at radius 3 is 2.67 bits per heavy atom. The molecule has 0 saturated heterocycles. The summed E-state index contributed by atoms with van der Waals surface area (Å²) in [4.78, 5) is 14.0. The summed E-state index contributed by atoms with van der Waals surface area (Å²) in [5, 5.41) is 20.1. The van der Waals surface area contributed by atoms with Gasteiger partial charge >= 0.3 is 0 Å². The summed E-state index contributed by atoms with van der Waals surface area (Å²) in [6.45, 7) is 3.76. The van der Waals surface area contributed by atoms with Gasteiger partial charge in [0.1, 0.15) is 0 Å². The lowest BCUT2D eigenvalue weighted by atomic mass is 10.1. The molecule has 0 bridgehead atoms. The van der Waals surface area contributed by atoms with Crippen LogP contribution in [0.1, 0.15) is 34.2 Å². The maximum absolute atomic E-state index is 12.9. The van der Waals surface area contributed by atoms with Gasteiger partial charge in [0.2, 0.25) is 11.6 Å². The van der Waals surface area contributed by atoms with Crippen LogP contribution in [0.5, 0.6) is 0 Å². The summed E-state index contributed by atoms with van der Waals surface area (Å²) in [5.41, 5.74) is 11.3. The number of aromatic nitrogens is 5. The number of nitrogens with zero attached hydrogens (tertiary/aromatic N) is 6. The van der Waals surface area contributed by atoms with Crippen LogP contribution < -0.4 is 11.2 Å². The number of halogens is 1. The number of nitrogens with two attached hydrogens (primary N) is 1. The molecule has 3 N–H and O–H groups in total. The van der Waals surface area contributed by atoms with Crippen molar-refractivity contribution in [1.29, 1.82) is 0 Å². The molecule has 4 rings (SSSR count). The summed E-state index contributed by atoms with van der Waals surface area (Å²) in [7, 11) is 0. The number of hydrogen-bond donors (Lipinski definition) is 2. The molecule has 10 nitrogen and oxygen atoms in total. The van der Waals surface area contributed by atoms with Gasteiger partial charge in [-0.05, 0) is 42.4 Å². The Bertz CT molecular complexity index is 1320. The van der Waals surface area contributed by atoms with E-state index >= 15 is 0 Å². The van der Waals surface area contributed by atoms with Gasteiger partial charge in [0.15, 0.2) is 5.69 Å². The van der Waals surface area contributed by atoms with Crippen molar-refractivity contribution < 1.29 is 9.42 Å². The standard InChI is InChI=1S/C21H19ClN8O2S/c1-12-7-9-14(10-8-12)33-11-17-18(25-29-30(17)20-19(23)27-32-28-20)21(31)26-24-13(2)15-5-3-4-6-16(15)22/h3-10H,11H2,1-2H3,(H2,23,27)(H,26,31)/b24-13+. The number of anilines is 1. The SMILES string of the molecule is C/C(=N\NC(=O)c1nnn(-c2nonc2N)c1CSc1ccc(C)cc1)c1ccccc1Cl. The van der Waals surface area contributed by atoms with Gasteiger partial charge in [0.05, 0.1) is 11.4 Å². The lowest BCUT2D eigenvalue weighted by molar-refractivity contribution is 0.0949. The number of rotatable bonds is 7. The highest BCUT2D eigenvalue weighted by atomic mass is 35.5. The Morgan fingerprint density at radius 1 is 1.21 bits per heavy atom. The normalized spacial score (nSPS) is 11.5. The van der Waals surface area contributed by atoms with E-state index in [1.165, 1.54) is 16.4 Å². The fourth-order valence-electron chi connectivity index (χ4n) is 2.90. The highest BCUT2D eigenvalue weighted by molar-refractivity contribution is 7.98. The lowest BCUT2D eigenvalue weighted by Gasteiger charge is -2.07. The third kappa shape index (κ3) is 5.04. The van der Waals surface area contributed by atoms with E-state index in [1.807, 2.05) is 49.4 Å². The fourth-order valence-corrected chi connectivity index (χ4v) is 4.07. The van der Waals surface area contributed by atoms with E-state index in [2.05, 4.69) is 35.8 Å². The molecule has 168 valence electrons. The van der Waals surface area contributed by atoms with E-state index in [9.17, 15) is 4.79 Å².